The van der Waals surface area contributed by atoms with E-state index in [0.717, 1.165) is 15.7 Å². The van der Waals surface area contributed by atoms with Crippen LogP contribution in [0.5, 0.6) is 0 Å². The molecule has 31 heavy (non-hydrogen) atoms. The summed E-state index contributed by atoms with van der Waals surface area (Å²) in [7, 11) is 0. The second kappa shape index (κ2) is 10.4. The van der Waals surface area contributed by atoms with Crippen molar-refractivity contribution >= 4 is 39.9 Å². The normalized spacial score (nSPS) is 18.8. The third-order valence-corrected chi connectivity index (χ3v) is 6.42. The summed E-state index contributed by atoms with van der Waals surface area (Å²) in [6.45, 7) is 9.53. The molecule has 0 aromatic carbocycles. The van der Waals surface area contributed by atoms with Crippen LogP contribution in [0.2, 0.25) is 5.15 Å². The van der Waals surface area contributed by atoms with E-state index in [-0.39, 0.29) is 23.9 Å². The molecule has 1 amide bonds. The Morgan fingerprint density at radius 3 is 2.71 bits per heavy atom. The number of carbonyl (C=O) groups is 2. The molecule has 2 atom stereocenters. The molecule has 1 aliphatic heterocycles. The zero-order valence-corrected chi connectivity index (χ0v) is 19.7. The molecule has 0 aliphatic carbocycles. The van der Waals surface area contributed by atoms with Crippen LogP contribution < -0.4 is 10.2 Å². The van der Waals surface area contributed by atoms with Crippen LogP contribution >= 0.6 is 22.9 Å². The van der Waals surface area contributed by atoms with E-state index in [1.807, 2.05) is 20.8 Å². The van der Waals surface area contributed by atoms with Gasteiger partial charge in [0.05, 0.1) is 24.4 Å². The number of rotatable bonds is 8. The van der Waals surface area contributed by atoms with Gasteiger partial charge in [-0.3, -0.25) is 4.79 Å². The van der Waals surface area contributed by atoms with Gasteiger partial charge < -0.3 is 24.7 Å². The maximum absolute atomic E-state index is 12.7. The van der Waals surface area contributed by atoms with Gasteiger partial charge >= 0.3 is 5.97 Å². The van der Waals surface area contributed by atoms with Crippen LogP contribution in [0.4, 0.5) is 5.13 Å². The summed E-state index contributed by atoms with van der Waals surface area (Å²) in [5.41, 5.74) is 1.09. The molecule has 1 aliphatic rings. The number of nitrogens with zero attached hydrogens (tertiary/aromatic N) is 3. The van der Waals surface area contributed by atoms with Gasteiger partial charge in [0.2, 0.25) is 0 Å². The Morgan fingerprint density at radius 2 is 2.06 bits per heavy atom. The minimum Gasteiger partial charge on any atom is -0.461 e. The summed E-state index contributed by atoms with van der Waals surface area (Å²) in [6.07, 6.45) is 1.10. The van der Waals surface area contributed by atoms with E-state index in [9.17, 15) is 9.59 Å². The first kappa shape index (κ1) is 23.5. The van der Waals surface area contributed by atoms with Gasteiger partial charge in [-0.15, -0.1) is 11.3 Å². The second-order valence-corrected chi connectivity index (χ2v) is 8.68. The summed E-state index contributed by atoms with van der Waals surface area (Å²) >= 11 is 7.52. The second-order valence-electron chi connectivity index (χ2n) is 7.14. The van der Waals surface area contributed by atoms with Crippen molar-refractivity contribution in [1.82, 2.24) is 20.3 Å². The molecule has 1 fully saturated rings. The average Bonchev–Trinajstić information content (AvgIpc) is 3.32. The Balaban J connectivity index is 1.69. The molecule has 1 saturated heterocycles. The Morgan fingerprint density at radius 1 is 1.29 bits per heavy atom. The maximum Gasteiger partial charge on any atom is 0.358 e. The molecule has 170 valence electrons. The van der Waals surface area contributed by atoms with E-state index in [1.54, 1.807) is 6.92 Å². The molecular weight excluding hydrogens is 442 g/mol. The number of aryl methyl sites for hydroxylation is 2. The van der Waals surface area contributed by atoms with Gasteiger partial charge in [0.1, 0.15) is 0 Å². The number of aromatic nitrogens is 3. The number of imidazole rings is 1. The van der Waals surface area contributed by atoms with Crippen LogP contribution in [0.25, 0.3) is 0 Å². The van der Waals surface area contributed by atoms with Gasteiger partial charge in [-0.2, -0.15) is 0 Å². The lowest BCUT2D eigenvalue weighted by Crippen LogP contribution is -2.55. The first-order valence-corrected chi connectivity index (χ1v) is 11.6. The molecule has 11 heteroatoms. The van der Waals surface area contributed by atoms with Crippen molar-refractivity contribution in [2.24, 2.45) is 0 Å². The van der Waals surface area contributed by atoms with Crippen LogP contribution in [-0.2, 0) is 15.9 Å². The van der Waals surface area contributed by atoms with Crippen molar-refractivity contribution in [3.8, 4) is 0 Å². The molecule has 3 heterocycles. The summed E-state index contributed by atoms with van der Waals surface area (Å²) in [6, 6.07) is -0.178. The minimum atomic E-state index is -0.408. The lowest BCUT2D eigenvalue weighted by Gasteiger charge is -2.38. The van der Waals surface area contributed by atoms with E-state index in [4.69, 9.17) is 21.1 Å². The van der Waals surface area contributed by atoms with Crippen molar-refractivity contribution in [2.75, 3.05) is 31.2 Å². The van der Waals surface area contributed by atoms with E-state index < -0.39 is 5.97 Å². The Labute approximate surface area is 190 Å². The van der Waals surface area contributed by atoms with Gasteiger partial charge in [-0.25, -0.2) is 14.8 Å². The van der Waals surface area contributed by atoms with E-state index in [2.05, 4.69) is 25.2 Å². The Kier molecular flexibility index (Phi) is 7.90. The summed E-state index contributed by atoms with van der Waals surface area (Å²) < 4.78 is 11.0. The zero-order valence-electron chi connectivity index (χ0n) is 18.2. The molecule has 0 unspecified atom stereocenters. The van der Waals surface area contributed by atoms with Crippen molar-refractivity contribution in [1.29, 1.82) is 0 Å². The highest BCUT2D eigenvalue weighted by atomic mass is 35.5. The molecule has 2 N–H and O–H groups in total. The van der Waals surface area contributed by atoms with Gasteiger partial charge in [0, 0.05) is 24.6 Å². The molecule has 0 spiro atoms. The highest BCUT2D eigenvalue weighted by Gasteiger charge is 2.33. The quantitative estimate of drug-likeness (QED) is 0.572. The van der Waals surface area contributed by atoms with E-state index >= 15 is 0 Å². The number of hydrogen-bond donors (Lipinski definition) is 2. The number of esters is 1. The fourth-order valence-electron chi connectivity index (χ4n) is 3.51. The molecule has 0 radical (unpaired) electrons. The number of amides is 1. The highest BCUT2D eigenvalue weighted by molar-refractivity contribution is 7.15. The predicted octanol–water partition coefficient (Wildman–Crippen LogP) is 2.98. The average molecular weight is 470 g/mol. The molecule has 9 nitrogen and oxygen atoms in total. The largest absolute Gasteiger partial charge is 0.461 e. The number of anilines is 1. The fourth-order valence-corrected chi connectivity index (χ4v) is 4.71. The number of H-pyrrole nitrogens is 1. The third kappa shape index (κ3) is 5.36. The van der Waals surface area contributed by atoms with Crippen molar-refractivity contribution in [3.63, 3.8) is 0 Å². The third-order valence-electron chi connectivity index (χ3n) is 5.08. The fraction of sp³-hybridized carbons (Fsp3) is 0.600. The number of hydrogen-bond acceptors (Lipinski definition) is 8. The van der Waals surface area contributed by atoms with E-state index in [1.165, 1.54) is 11.3 Å². The number of nitrogens with one attached hydrogen (secondary N) is 2. The zero-order chi connectivity index (χ0) is 22.5. The topological polar surface area (TPSA) is 109 Å². The smallest absolute Gasteiger partial charge is 0.358 e. The molecule has 0 bridgehead atoms. The van der Waals surface area contributed by atoms with Crippen LogP contribution in [0.1, 0.15) is 58.9 Å². The first-order valence-electron chi connectivity index (χ1n) is 10.4. The Hall–Kier alpha value is -2.17. The Bertz CT molecular complexity index is 931. The van der Waals surface area contributed by atoms with Gasteiger partial charge in [-0.05, 0) is 33.6 Å². The molecule has 3 rings (SSSR count). The van der Waals surface area contributed by atoms with Gasteiger partial charge in [0.15, 0.2) is 21.8 Å². The van der Waals surface area contributed by atoms with Gasteiger partial charge in [-0.1, -0.05) is 18.5 Å². The van der Waals surface area contributed by atoms with Crippen LogP contribution in [0.15, 0.2) is 0 Å². The first-order chi connectivity index (χ1) is 14.9. The van der Waals surface area contributed by atoms with Gasteiger partial charge in [0.25, 0.3) is 5.91 Å². The maximum atomic E-state index is 12.7. The lowest BCUT2D eigenvalue weighted by atomic mass is 10.0. The molecule has 2 aromatic rings. The lowest BCUT2D eigenvalue weighted by molar-refractivity contribution is 0.0271. The summed E-state index contributed by atoms with van der Waals surface area (Å²) in [5, 5.41) is 4.09. The van der Waals surface area contributed by atoms with Crippen LogP contribution in [0.3, 0.4) is 0 Å². The van der Waals surface area contributed by atoms with Crippen molar-refractivity contribution in [3.05, 3.63) is 27.2 Å². The monoisotopic (exact) mass is 469 g/mol. The SMILES string of the molecule is CCOC(=O)c1nc(N2CC[C@H](NC(=O)c3nc(Cl)c(CC)[nH]3)[C@H](OCC)C2)sc1C. The molecule has 0 saturated carbocycles. The number of carbonyl (C=O) groups excluding carboxylic acids is 2. The molecular formula is C20H28ClN5O4S. The number of thiazole rings is 1. The standard InChI is InChI=1S/C20H28ClN5O4S/c1-5-12-16(21)25-17(22-12)18(27)23-13-8-9-26(10-14(13)29-6-2)20-24-15(11(4)31-20)19(28)30-7-3/h13-14H,5-10H2,1-4H3,(H,22,25)(H,23,27)/t13-,14+/m0/s1. The molecule has 2 aromatic heterocycles. The van der Waals surface area contributed by atoms with Crippen LogP contribution in [-0.4, -0.2) is 65.3 Å². The van der Waals surface area contributed by atoms with E-state index in [0.29, 0.717) is 50.0 Å². The minimum absolute atomic E-state index is 0.178. The summed E-state index contributed by atoms with van der Waals surface area (Å²) in [4.78, 5) is 39.3. The number of aromatic amines is 1. The number of piperidine rings is 1. The highest BCUT2D eigenvalue weighted by Crippen LogP contribution is 2.29. The van der Waals surface area contributed by atoms with Crippen molar-refractivity contribution in [2.45, 2.75) is 52.7 Å². The number of halogens is 1. The number of ether oxygens (including phenoxy) is 2. The van der Waals surface area contributed by atoms with Crippen LogP contribution in [0, 0.1) is 6.92 Å². The van der Waals surface area contributed by atoms with Crippen molar-refractivity contribution < 1.29 is 19.1 Å². The summed E-state index contributed by atoms with van der Waals surface area (Å²) in [5.74, 6) is -0.511. The predicted molar refractivity (Wildman–Crippen MR) is 119 cm³/mol.